The van der Waals surface area contributed by atoms with E-state index in [1.807, 2.05) is 48.7 Å². The zero-order valence-electron chi connectivity index (χ0n) is 17.6. The quantitative estimate of drug-likeness (QED) is 0.250. The first kappa shape index (κ1) is 20.3. The summed E-state index contributed by atoms with van der Waals surface area (Å²) >= 11 is 6.33. The summed E-state index contributed by atoms with van der Waals surface area (Å²) in [5, 5.41) is 4.37. The lowest BCUT2D eigenvalue weighted by molar-refractivity contribution is 0.824. The van der Waals surface area contributed by atoms with Crippen molar-refractivity contribution in [1.29, 1.82) is 0 Å². The molecule has 156 valence electrons. The maximum Gasteiger partial charge on any atom is 0.0722 e. The van der Waals surface area contributed by atoms with Crippen LogP contribution in [-0.4, -0.2) is 6.21 Å². The Morgan fingerprint density at radius 3 is 2.28 bits per heavy atom. The van der Waals surface area contributed by atoms with E-state index in [0.29, 0.717) is 5.02 Å². The van der Waals surface area contributed by atoms with Gasteiger partial charge in [0.1, 0.15) is 0 Å². The maximum atomic E-state index is 6.33. The van der Waals surface area contributed by atoms with Gasteiger partial charge in [0, 0.05) is 28.1 Å². The van der Waals surface area contributed by atoms with Gasteiger partial charge in [0.15, 0.2) is 0 Å². The average Bonchev–Trinajstić information content (AvgIpc) is 3.26. The monoisotopic (exact) mass is 434 g/mol. The second-order valence-corrected chi connectivity index (χ2v) is 8.31. The van der Waals surface area contributed by atoms with Crippen LogP contribution in [-0.2, 0) is 6.42 Å². The van der Waals surface area contributed by atoms with Crippen LogP contribution in [0.5, 0.6) is 0 Å². The molecule has 0 spiro atoms. The third-order valence-electron chi connectivity index (χ3n) is 5.71. The molecule has 4 aromatic rings. The number of anilines is 1. The van der Waals surface area contributed by atoms with Crippen molar-refractivity contribution >= 4 is 41.3 Å². The van der Waals surface area contributed by atoms with Gasteiger partial charge in [-0.15, -0.1) is 0 Å². The summed E-state index contributed by atoms with van der Waals surface area (Å²) in [6, 6.07) is 33.4. The van der Waals surface area contributed by atoms with Crippen LogP contribution in [0.1, 0.15) is 33.9 Å². The minimum Gasteiger partial charge on any atom is -0.378 e. The topological polar surface area (TPSA) is 24.4 Å². The second-order valence-electron chi connectivity index (χ2n) is 7.90. The van der Waals surface area contributed by atoms with Crippen LogP contribution >= 0.6 is 11.6 Å². The van der Waals surface area contributed by atoms with E-state index in [2.05, 4.69) is 72.1 Å². The fraction of sp³-hybridized carbons (Fsp3) is 0.0690. The van der Waals surface area contributed by atoms with Gasteiger partial charge in [-0.3, -0.25) is 4.99 Å². The van der Waals surface area contributed by atoms with Crippen molar-refractivity contribution in [2.24, 2.45) is 4.99 Å². The van der Waals surface area contributed by atoms with E-state index in [9.17, 15) is 0 Å². The van der Waals surface area contributed by atoms with E-state index in [4.69, 9.17) is 16.6 Å². The predicted octanol–water partition coefficient (Wildman–Crippen LogP) is 7.97. The number of hydrogen-bond acceptors (Lipinski definition) is 2. The maximum absolute atomic E-state index is 6.33. The van der Waals surface area contributed by atoms with Crippen LogP contribution in [0.2, 0.25) is 5.02 Å². The molecule has 1 atom stereocenters. The molecule has 0 bridgehead atoms. The van der Waals surface area contributed by atoms with Crippen molar-refractivity contribution in [3.8, 4) is 0 Å². The third kappa shape index (κ3) is 4.51. The zero-order valence-corrected chi connectivity index (χ0v) is 18.3. The van der Waals surface area contributed by atoms with Crippen LogP contribution in [0.4, 0.5) is 11.4 Å². The van der Waals surface area contributed by atoms with Crippen LogP contribution in [0, 0.1) is 0 Å². The van der Waals surface area contributed by atoms with E-state index in [-0.39, 0.29) is 6.04 Å². The average molecular weight is 435 g/mol. The van der Waals surface area contributed by atoms with Crippen molar-refractivity contribution in [2.45, 2.75) is 12.5 Å². The molecule has 0 amide bonds. The van der Waals surface area contributed by atoms with Gasteiger partial charge >= 0.3 is 0 Å². The Morgan fingerprint density at radius 1 is 0.781 bits per heavy atom. The second kappa shape index (κ2) is 9.25. The Hall–Kier alpha value is -3.62. The molecule has 1 aliphatic rings. The molecular formula is C29H23ClN2. The van der Waals surface area contributed by atoms with Gasteiger partial charge in [0.2, 0.25) is 0 Å². The Bertz CT molecular complexity index is 1280. The summed E-state index contributed by atoms with van der Waals surface area (Å²) in [5.74, 6) is 0. The molecule has 0 aliphatic carbocycles. The predicted molar refractivity (Wildman–Crippen MR) is 137 cm³/mol. The molecular weight excluding hydrogens is 412 g/mol. The van der Waals surface area contributed by atoms with E-state index in [0.717, 1.165) is 34.5 Å². The molecule has 0 unspecified atom stereocenters. The largest absolute Gasteiger partial charge is 0.378 e. The fourth-order valence-corrected chi connectivity index (χ4v) is 4.20. The van der Waals surface area contributed by atoms with Crippen molar-refractivity contribution in [2.75, 3.05) is 5.32 Å². The summed E-state index contributed by atoms with van der Waals surface area (Å²) in [4.78, 5) is 4.82. The molecule has 2 nitrogen and oxygen atoms in total. The summed E-state index contributed by atoms with van der Waals surface area (Å²) in [7, 11) is 0. The molecule has 32 heavy (non-hydrogen) atoms. The molecule has 1 heterocycles. The molecule has 0 saturated carbocycles. The Labute approximate surface area is 193 Å². The van der Waals surface area contributed by atoms with Crippen molar-refractivity contribution in [3.05, 3.63) is 130 Å². The van der Waals surface area contributed by atoms with E-state index in [1.54, 1.807) is 0 Å². The molecule has 5 rings (SSSR count). The lowest BCUT2D eigenvalue weighted by Gasteiger charge is -2.11. The highest BCUT2D eigenvalue weighted by molar-refractivity contribution is 6.33. The van der Waals surface area contributed by atoms with E-state index < -0.39 is 0 Å². The number of hydrogen-bond donors (Lipinski definition) is 1. The van der Waals surface area contributed by atoms with Gasteiger partial charge in [-0.1, -0.05) is 103 Å². The van der Waals surface area contributed by atoms with Gasteiger partial charge in [0.25, 0.3) is 0 Å². The van der Waals surface area contributed by atoms with E-state index in [1.165, 1.54) is 11.1 Å². The molecule has 0 fully saturated rings. The summed E-state index contributed by atoms with van der Waals surface area (Å²) in [5.41, 5.74) is 7.82. The summed E-state index contributed by atoms with van der Waals surface area (Å²) in [6.07, 6.45) is 7.08. The van der Waals surface area contributed by atoms with Gasteiger partial charge in [0.05, 0.1) is 11.7 Å². The first-order valence-electron chi connectivity index (χ1n) is 10.8. The highest BCUT2D eigenvalue weighted by atomic mass is 35.5. The SMILES string of the molecule is Clc1ccccc1C=Nc1cc2c(cc1C=Cc1ccccc1)C[C@H](c1ccccc1)N2. The number of rotatable bonds is 5. The van der Waals surface area contributed by atoms with Crippen LogP contribution in [0.15, 0.2) is 102 Å². The molecule has 1 N–H and O–H groups in total. The Balaban J connectivity index is 1.51. The molecule has 1 aliphatic heterocycles. The first-order chi connectivity index (χ1) is 15.8. The number of nitrogens with one attached hydrogen (secondary N) is 1. The number of halogens is 1. The zero-order chi connectivity index (χ0) is 21.8. The van der Waals surface area contributed by atoms with Gasteiger partial charge < -0.3 is 5.32 Å². The molecule has 0 radical (unpaired) electrons. The Morgan fingerprint density at radius 2 is 1.50 bits per heavy atom. The summed E-state index contributed by atoms with van der Waals surface area (Å²) < 4.78 is 0. The molecule has 0 saturated heterocycles. The lowest BCUT2D eigenvalue weighted by Crippen LogP contribution is -2.04. The number of benzene rings is 4. The number of fused-ring (bicyclic) bond motifs is 1. The number of nitrogens with zero attached hydrogens (tertiary/aromatic N) is 1. The standard InChI is InChI=1S/C29H23ClN2/c30-26-14-8-7-13-24(26)20-31-27-19-29-25(18-28(32-29)22-11-5-2-6-12-22)17-23(27)16-15-21-9-3-1-4-10-21/h1-17,19-20,28,32H,18H2/t28-/m1/s1. The lowest BCUT2D eigenvalue weighted by atomic mass is 10.0. The highest BCUT2D eigenvalue weighted by Gasteiger charge is 2.23. The van der Waals surface area contributed by atoms with Crippen molar-refractivity contribution in [1.82, 2.24) is 0 Å². The van der Waals surface area contributed by atoms with Crippen LogP contribution < -0.4 is 5.32 Å². The van der Waals surface area contributed by atoms with Crippen molar-refractivity contribution < 1.29 is 0 Å². The van der Waals surface area contributed by atoms with Crippen molar-refractivity contribution in [3.63, 3.8) is 0 Å². The van der Waals surface area contributed by atoms with Crippen LogP contribution in [0.3, 0.4) is 0 Å². The minimum atomic E-state index is 0.278. The normalized spacial score (nSPS) is 15.2. The highest BCUT2D eigenvalue weighted by Crippen LogP contribution is 2.39. The fourth-order valence-electron chi connectivity index (χ4n) is 4.01. The van der Waals surface area contributed by atoms with E-state index >= 15 is 0 Å². The minimum absolute atomic E-state index is 0.278. The molecule has 3 heteroatoms. The smallest absolute Gasteiger partial charge is 0.0722 e. The Kier molecular flexibility index (Phi) is 5.87. The van der Waals surface area contributed by atoms with Gasteiger partial charge in [-0.25, -0.2) is 0 Å². The van der Waals surface area contributed by atoms with Crippen LogP contribution in [0.25, 0.3) is 12.2 Å². The third-order valence-corrected chi connectivity index (χ3v) is 6.06. The summed E-state index contributed by atoms with van der Waals surface area (Å²) in [6.45, 7) is 0. The van der Waals surface area contributed by atoms with Gasteiger partial charge in [-0.05, 0) is 41.3 Å². The number of aliphatic imine (C=N–C) groups is 1. The first-order valence-corrected chi connectivity index (χ1v) is 11.1. The van der Waals surface area contributed by atoms with Gasteiger partial charge in [-0.2, -0.15) is 0 Å². The molecule has 0 aromatic heterocycles. The molecule has 4 aromatic carbocycles.